The van der Waals surface area contributed by atoms with Crippen molar-refractivity contribution >= 4 is 14.0 Å². The van der Waals surface area contributed by atoms with E-state index in [4.69, 9.17) is 13.9 Å². The van der Waals surface area contributed by atoms with Gasteiger partial charge in [0.25, 0.3) is 0 Å². The first kappa shape index (κ1) is 25.7. The van der Waals surface area contributed by atoms with Gasteiger partial charge in [0.2, 0.25) is 0 Å². The van der Waals surface area contributed by atoms with Gasteiger partial charge in [0, 0.05) is 11.8 Å². The second-order valence-corrected chi connectivity index (χ2v) is 16.6. The van der Waals surface area contributed by atoms with Gasteiger partial charge in [-0.25, -0.2) is 4.98 Å². The first-order valence-corrected chi connectivity index (χ1v) is 16.0. The topological polar surface area (TPSA) is 45.0 Å². The number of pyridine rings is 1. The number of nitrogens with zero attached hydrogens (tertiary/aromatic N) is 2. The molecule has 2 aromatic carbocycles. The average Bonchev–Trinajstić information content (AvgIpc) is 3.24. The molecule has 0 atom stereocenters. The van der Waals surface area contributed by atoms with E-state index in [-0.39, 0.29) is 16.7 Å². The van der Waals surface area contributed by atoms with Gasteiger partial charge < -0.3 is 13.9 Å². The first-order valence-electron chi connectivity index (χ1n) is 13.1. The second-order valence-electron chi connectivity index (χ2n) is 11.9. The molecular weight excluding hydrogens is 476 g/mol. The number of imidazole rings is 1. The van der Waals surface area contributed by atoms with Crippen LogP contribution in [0.5, 0.6) is 5.75 Å². The van der Waals surface area contributed by atoms with Gasteiger partial charge in [-0.15, -0.1) is 0 Å². The first-order chi connectivity index (χ1) is 17.5. The molecule has 1 aliphatic rings. The highest BCUT2D eigenvalue weighted by Gasteiger charge is 2.49. The van der Waals surface area contributed by atoms with Crippen LogP contribution in [-0.2, 0) is 14.8 Å². The molecule has 2 aromatic heterocycles. The zero-order chi connectivity index (χ0) is 26.4. The summed E-state index contributed by atoms with van der Waals surface area (Å²) < 4.78 is 20.5. The van der Waals surface area contributed by atoms with Crippen LogP contribution in [0.2, 0.25) is 18.1 Å². The average molecular weight is 515 g/mol. The molecule has 0 radical (unpaired) electrons. The molecule has 194 valence electrons. The zero-order valence-corrected chi connectivity index (χ0v) is 24.0. The number of benzene rings is 2. The minimum Gasteiger partial charge on any atom is -0.491 e. The Morgan fingerprint density at radius 3 is 2.08 bits per heavy atom. The third-order valence-corrected chi connectivity index (χ3v) is 12.2. The number of rotatable bonds is 7. The van der Waals surface area contributed by atoms with E-state index < -0.39 is 8.32 Å². The van der Waals surface area contributed by atoms with Crippen molar-refractivity contribution in [2.45, 2.75) is 64.5 Å². The summed E-state index contributed by atoms with van der Waals surface area (Å²) in [5.41, 5.74) is 6.24. The third-order valence-electron chi connectivity index (χ3n) is 7.70. The maximum absolute atomic E-state index is 6.89. The summed E-state index contributed by atoms with van der Waals surface area (Å²) in [5.74, 6) is 0.875. The Balaban J connectivity index is 1.42. The van der Waals surface area contributed by atoms with Crippen LogP contribution in [0.3, 0.4) is 0 Å². The van der Waals surface area contributed by atoms with Crippen LogP contribution >= 0.6 is 0 Å². The summed E-state index contributed by atoms with van der Waals surface area (Å²) in [6, 6.07) is 21.2. The van der Waals surface area contributed by atoms with Crippen molar-refractivity contribution < 1.29 is 13.9 Å². The van der Waals surface area contributed by atoms with Gasteiger partial charge in [-0.3, -0.25) is 4.40 Å². The minimum absolute atomic E-state index is 0.148. The zero-order valence-electron chi connectivity index (χ0n) is 23.0. The molecule has 4 aromatic rings. The standard InChI is InChI=1S/C31H38N2O3Si/c1-22(2)35-27-15-10-24(11-16-27)28-18-32-29-17-12-25(19-33(28)29)23-8-13-26(14-9-23)31(20-34-21-31)36-37(6,7)30(3,4)5/h8-19,22H,20-21H2,1-7H3. The predicted molar refractivity (Wildman–Crippen MR) is 153 cm³/mol. The molecule has 1 fully saturated rings. The highest BCUT2D eigenvalue weighted by atomic mass is 28.4. The monoisotopic (exact) mass is 514 g/mol. The SMILES string of the molecule is CC(C)Oc1ccc(-c2cnc3ccc(-c4ccc(C5(O[Si](C)(C)C(C)(C)C)COC5)cc4)cn23)cc1. The second kappa shape index (κ2) is 9.42. The van der Waals surface area contributed by atoms with E-state index in [1.165, 1.54) is 5.56 Å². The molecule has 0 bridgehead atoms. The molecule has 0 spiro atoms. The Labute approximate surface area is 221 Å². The highest BCUT2D eigenvalue weighted by molar-refractivity contribution is 6.74. The van der Waals surface area contributed by atoms with Gasteiger partial charge in [0.1, 0.15) is 17.0 Å². The minimum atomic E-state index is -1.94. The molecule has 37 heavy (non-hydrogen) atoms. The fraction of sp³-hybridized carbons (Fsp3) is 0.387. The molecule has 5 nitrogen and oxygen atoms in total. The maximum Gasteiger partial charge on any atom is 0.193 e. The van der Waals surface area contributed by atoms with Gasteiger partial charge in [0.15, 0.2) is 8.32 Å². The van der Waals surface area contributed by atoms with Crippen molar-refractivity contribution in [3.8, 4) is 28.1 Å². The van der Waals surface area contributed by atoms with E-state index in [1.54, 1.807) is 0 Å². The lowest BCUT2D eigenvalue weighted by atomic mass is 9.91. The summed E-state index contributed by atoms with van der Waals surface area (Å²) in [7, 11) is -1.94. The van der Waals surface area contributed by atoms with Crippen molar-refractivity contribution in [1.29, 1.82) is 0 Å². The number of aromatic nitrogens is 2. The third kappa shape index (κ3) is 4.98. The lowest BCUT2D eigenvalue weighted by molar-refractivity contribution is -0.174. The lowest BCUT2D eigenvalue weighted by Crippen LogP contribution is -2.57. The number of ether oxygens (including phenoxy) is 2. The Morgan fingerprint density at radius 2 is 1.51 bits per heavy atom. The van der Waals surface area contributed by atoms with Gasteiger partial charge in [-0.05, 0) is 85.1 Å². The maximum atomic E-state index is 6.89. The van der Waals surface area contributed by atoms with Crippen molar-refractivity contribution in [2.24, 2.45) is 0 Å². The van der Waals surface area contributed by atoms with Crippen LogP contribution in [0.1, 0.15) is 40.2 Å². The molecule has 0 aliphatic carbocycles. The van der Waals surface area contributed by atoms with Crippen molar-refractivity contribution in [2.75, 3.05) is 13.2 Å². The smallest absolute Gasteiger partial charge is 0.193 e. The molecular formula is C31H38N2O3Si. The van der Waals surface area contributed by atoms with Crippen LogP contribution < -0.4 is 4.74 Å². The van der Waals surface area contributed by atoms with Crippen LogP contribution in [0.25, 0.3) is 28.0 Å². The van der Waals surface area contributed by atoms with Gasteiger partial charge in [-0.1, -0.05) is 45.0 Å². The van der Waals surface area contributed by atoms with Gasteiger partial charge in [0.05, 0.1) is 31.2 Å². The normalized spacial score (nSPS) is 15.7. The van der Waals surface area contributed by atoms with Crippen molar-refractivity contribution in [1.82, 2.24) is 9.38 Å². The van der Waals surface area contributed by atoms with Gasteiger partial charge >= 0.3 is 0 Å². The Hall–Kier alpha value is -2.93. The fourth-order valence-corrected chi connectivity index (χ4v) is 6.04. The Morgan fingerprint density at radius 1 is 0.892 bits per heavy atom. The van der Waals surface area contributed by atoms with Crippen molar-refractivity contribution in [3.63, 3.8) is 0 Å². The van der Waals surface area contributed by atoms with E-state index in [2.05, 4.69) is 98.0 Å². The Bertz CT molecular complexity index is 1380. The molecule has 1 saturated heterocycles. The number of fused-ring (bicyclic) bond motifs is 1. The summed E-state index contributed by atoms with van der Waals surface area (Å²) in [5, 5.41) is 0.148. The van der Waals surface area contributed by atoms with Crippen LogP contribution in [-0.4, -0.2) is 37.0 Å². The summed E-state index contributed by atoms with van der Waals surface area (Å²) in [6.45, 7) is 16.8. The fourth-order valence-electron chi connectivity index (χ4n) is 4.52. The Kier molecular flexibility index (Phi) is 6.55. The molecule has 1 aliphatic heterocycles. The molecule has 0 amide bonds. The van der Waals surface area contributed by atoms with E-state index in [0.29, 0.717) is 13.2 Å². The van der Waals surface area contributed by atoms with Crippen LogP contribution in [0.15, 0.2) is 73.1 Å². The largest absolute Gasteiger partial charge is 0.491 e. The van der Waals surface area contributed by atoms with E-state index in [0.717, 1.165) is 33.8 Å². The summed E-state index contributed by atoms with van der Waals surface area (Å²) in [6.07, 6.45) is 4.25. The highest BCUT2D eigenvalue weighted by Crippen LogP contribution is 2.45. The molecule has 0 saturated carbocycles. The van der Waals surface area contributed by atoms with E-state index in [1.807, 2.05) is 32.2 Å². The number of hydrogen-bond acceptors (Lipinski definition) is 4. The van der Waals surface area contributed by atoms with E-state index in [9.17, 15) is 0 Å². The molecule has 5 rings (SSSR count). The molecule has 0 unspecified atom stereocenters. The van der Waals surface area contributed by atoms with Crippen LogP contribution in [0, 0.1) is 0 Å². The quantitative estimate of drug-likeness (QED) is 0.237. The summed E-state index contributed by atoms with van der Waals surface area (Å²) in [4.78, 5) is 4.62. The lowest BCUT2D eigenvalue weighted by Gasteiger charge is -2.50. The van der Waals surface area contributed by atoms with Crippen molar-refractivity contribution in [3.05, 3.63) is 78.6 Å². The van der Waals surface area contributed by atoms with E-state index >= 15 is 0 Å². The molecule has 0 N–H and O–H groups in total. The van der Waals surface area contributed by atoms with Gasteiger partial charge in [-0.2, -0.15) is 0 Å². The summed E-state index contributed by atoms with van der Waals surface area (Å²) >= 11 is 0. The number of hydrogen-bond donors (Lipinski definition) is 0. The molecule has 3 heterocycles. The molecule has 6 heteroatoms. The van der Waals surface area contributed by atoms with Crippen LogP contribution in [0.4, 0.5) is 0 Å². The predicted octanol–water partition coefficient (Wildman–Crippen LogP) is 7.70.